The molecule has 2 N–H and O–H groups in total. The largest absolute Gasteiger partial charge is 0.389 e. The molecular formula is C11H12N4O2S3. The van der Waals surface area contributed by atoms with Crippen LogP contribution >= 0.6 is 23.6 Å². The summed E-state index contributed by atoms with van der Waals surface area (Å²) in [5.74, 6) is 0.756. The summed E-state index contributed by atoms with van der Waals surface area (Å²) < 4.78 is 28.8. The highest BCUT2D eigenvalue weighted by molar-refractivity contribution is 7.91. The van der Waals surface area contributed by atoms with E-state index in [1.54, 1.807) is 18.3 Å². The summed E-state index contributed by atoms with van der Waals surface area (Å²) in [5.41, 5.74) is 5.52. The topological polar surface area (TPSA) is 81.2 Å². The molecule has 0 saturated carbocycles. The maximum absolute atomic E-state index is 12.6. The molecule has 0 saturated heterocycles. The fourth-order valence-electron chi connectivity index (χ4n) is 2.07. The second-order valence-corrected chi connectivity index (χ2v) is 8.05. The van der Waals surface area contributed by atoms with Crippen molar-refractivity contribution in [1.82, 2.24) is 13.9 Å². The van der Waals surface area contributed by atoms with Gasteiger partial charge in [0.25, 0.3) is 10.0 Å². The van der Waals surface area contributed by atoms with Gasteiger partial charge >= 0.3 is 0 Å². The van der Waals surface area contributed by atoms with Gasteiger partial charge in [-0.05, 0) is 12.1 Å². The second-order valence-electron chi connectivity index (χ2n) is 4.36. The lowest BCUT2D eigenvalue weighted by molar-refractivity contribution is 0.336. The zero-order chi connectivity index (χ0) is 14.3. The van der Waals surface area contributed by atoms with E-state index in [4.69, 9.17) is 18.0 Å². The van der Waals surface area contributed by atoms with Crippen LogP contribution in [0.5, 0.6) is 0 Å². The summed E-state index contributed by atoms with van der Waals surface area (Å²) in [6.07, 6.45) is 3.54. The Balaban J connectivity index is 1.90. The number of rotatable bonds is 3. The molecule has 9 heteroatoms. The molecule has 0 fully saturated rings. The van der Waals surface area contributed by atoms with Crippen LogP contribution < -0.4 is 5.73 Å². The van der Waals surface area contributed by atoms with Crippen LogP contribution in [0.2, 0.25) is 0 Å². The Kier molecular flexibility index (Phi) is 3.36. The number of aromatic nitrogens is 2. The van der Waals surface area contributed by atoms with E-state index in [1.165, 1.54) is 4.31 Å². The highest BCUT2D eigenvalue weighted by Crippen LogP contribution is 2.27. The molecule has 3 heterocycles. The second kappa shape index (κ2) is 4.92. The van der Waals surface area contributed by atoms with E-state index < -0.39 is 10.0 Å². The third-order valence-electron chi connectivity index (χ3n) is 3.13. The van der Waals surface area contributed by atoms with Gasteiger partial charge in [0.05, 0.1) is 11.4 Å². The van der Waals surface area contributed by atoms with Crippen LogP contribution in [0.4, 0.5) is 0 Å². The van der Waals surface area contributed by atoms with E-state index in [9.17, 15) is 8.42 Å². The molecule has 0 bridgehead atoms. The Morgan fingerprint density at radius 1 is 1.40 bits per heavy atom. The first kappa shape index (κ1) is 13.7. The smallest absolute Gasteiger partial charge is 0.253 e. The van der Waals surface area contributed by atoms with Crippen molar-refractivity contribution in [1.29, 1.82) is 0 Å². The predicted molar refractivity (Wildman–Crippen MR) is 80.0 cm³/mol. The third-order valence-corrected chi connectivity index (χ3v) is 6.91. The zero-order valence-electron chi connectivity index (χ0n) is 10.4. The van der Waals surface area contributed by atoms with Crippen LogP contribution in [0.15, 0.2) is 28.7 Å². The first-order chi connectivity index (χ1) is 9.48. The minimum absolute atomic E-state index is 0.214. The van der Waals surface area contributed by atoms with E-state index in [-0.39, 0.29) is 15.7 Å². The Bertz CT molecular complexity index is 762. The first-order valence-corrected chi connectivity index (χ1v) is 8.55. The average molecular weight is 328 g/mol. The van der Waals surface area contributed by atoms with Gasteiger partial charge in [-0.1, -0.05) is 12.2 Å². The lowest BCUT2D eigenvalue weighted by Crippen LogP contribution is -2.37. The molecule has 1 aliphatic rings. The highest BCUT2D eigenvalue weighted by atomic mass is 32.2. The summed E-state index contributed by atoms with van der Waals surface area (Å²) in [4.78, 5) is 4.99. The predicted octanol–water partition coefficient (Wildman–Crippen LogP) is 0.783. The van der Waals surface area contributed by atoms with Crippen LogP contribution in [-0.2, 0) is 23.1 Å². The molecule has 3 rings (SSSR count). The standard InChI is InChI=1S/C11H12N4O2S3/c12-11(18)8-1-2-10(19-8)20(16,17)15-6-5-14-4-3-13-9(14)7-15/h1-4H,5-7H2,(H2,12,18). The van der Waals surface area contributed by atoms with Crippen molar-refractivity contribution in [3.05, 3.63) is 35.2 Å². The highest BCUT2D eigenvalue weighted by Gasteiger charge is 2.30. The number of hydrogen-bond acceptors (Lipinski definition) is 5. The van der Waals surface area contributed by atoms with Gasteiger partial charge in [0.2, 0.25) is 0 Å². The first-order valence-electron chi connectivity index (χ1n) is 5.88. The van der Waals surface area contributed by atoms with E-state index in [2.05, 4.69) is 4.98 Å². The molecule has 2 aromatic heterocycles. The monoisotopic (exact) mass is 328 g/mol. The van der Waals surface area contributed by atoms with Crippen molar-refractivity contribution < 1.29 is 8.42 Å². The lowest BCUT2D eigenvalue weighted by atomic mass is 10.4. The van der Waals surface area contributed by atoms with Gasteiger partial charge in [0, 0.05) is 25.5 Å². The summed E-state index contributed by atoms with van der Waals surface area (Å²) in [6, 6.07) is 3.19. The van der Waals surface area contributed by atoms with Crippen LogP contribution in [0.25, 0.3) is 0 Å². The zero-order valence-corrected chi connectivity index (χ0v) is 12.8. The molecule has 0 aromatic carbocycles. The Labute approximate surface area is 125 Å². The molecule has 0 radical (unpaired) electrons. The van der Waals surface area contributed by atoms with Crippen LogP contribution in [0.3, 0.4) is 0 Å². The number of hydrogen-bond donors (Lipinski definition) is 1. The summed E-state index contributed by atoms with van der Waals surface area (Å²) in [7, 11) is -3.51. The van der Waals surface area contributed by atoms with Gasteiger partial charge in [-0.3, -0.25) is 0 Å². The molecule has 2 aromatic rings. The normalized spacial score (nSPS) is 16.0. The van der Waals surface area contributed by atoms with Gasteiger partial charge in [0.1, 0.15) is 15.0 Å². The summed E-state index contributed by atoms with van der Waals surface area (Å²) in [5, 5.41) is 0. The van der Waals surface area contributed by atoms with Crippen molar-refractivity contribution in [2.24, 2.45) is 5.73 Å². The molecule has 0 aliphatic carbocycles. The van der Waals surface area contributed by atoms with Gasteiger partial charge in [-0.25, -0.2) is 13.4 Å². The van der Waals surface area contributed by atoms with Crippen molar-refractivity contribution in [2.45, 2.75) is 17.3 Å². The quantitative estimate of drug-likeness (QED) is 0.842. The molecular weight excluding hydrogens is 316 g/mol. The maximum Gasteiger partial charge on any atom is 0.253 e. The van der Waals surface area contributed by atoms with E-state index >= 15 is 0 Å². The molecule has 106 valence electrons. The van der Waals surface area contributed by atoms with Crippen molar-refractivity contribution in [3.63, 3.8) is 0 Å². The average Bonchev–Trinajstić information content (AvgIpc) is 3.07. The van der Waals surface area contributed by atoms with Gasteiger partial charge in [-0.15, -0.1) is 11.3 Å². The number of imidazole rings is 1. The Morgan fingerprint density at radius 3 is 2.90 bits per heavy atom. The van der Waals surface area contributed by atoms with E-state index in [1.807, 2.05) is 10.8 Å². The van der Waals surface area contributed by atoms with Gasteiger partial charge in [0.15, 0.2) is 0 Å². The SMILES string of the molecule is NC(=S)c1ccc(S(=O)(=O)N2CCn3ccnc3C2)s1. The van der Waals surface area contributed by atoms with E-state index in [0.717, 1.165) is 17.2 Å². The third kappa shape index (κ3) is 2.26. The Hall–Kier alpha value is -1.29. The van der Waals surface area contributed by atoms with Crippen molar-refractivity contribution in [2.75, 3.05) is 6.54 Å². The fourth-order valence-corrected chi connectivity index (χ4v) is 4.97. The molecule has 0 atom stereocenters. The molecule has 6 nitrogen and oxygen atoms in total. The number of sulfonamides is 1. The maximum atomic E-state index is 12.6. The molecule has 0 spiro atoms. The number of thiophene rings is 1. The number of fused-ring (bicyclic) bond motifs is 1. The lowest BCUT2D eigenvalue weighted by Gasteiger charge is -2.26. The van der Waals surface area contributed by atoms with Gasteiger partial charge in [-0.2, -0.15) is 4.31 Å². The van der Waals surface area contributed by atoms with Gasteiger partial charge < -0.3 is 10.3 Å². The van der Waals surface area contributed by atoms with Crippen LogP contribution in [-0.4, -0.2) is 33.8 Å². The number of nitrogens with two attached hydrogens (primary N) is 1. The molecule has 1 aliphatic heterocycles. The van der Waals surface area contributed by atoms with Crippen molar-refractivity contribution >= 4 is 38.6 Å². The minimum Gasteiger partial charge on any atom is -0.389 e. The molecule has 20 heavy (non-hydrogen) atoms. The fraction of sp³-hybridized carbons (Fsp3) is 0.273. The van der Waals surface area contributed by atoms with Crippen LogP contribution in [0.1, 0.15) is 10.7 Å². The summed E-state index contributed by atoms with van der Waals surface area (Å²) in [6.45, 7) is 1.34. The molecule has 0 amide bonds. The number of thiocarbonyl (C=S) groups is 1. The van der Waals surface area contributed by atoms with Crippen molar-refractivity contribution in [3.8, 4) is 0 Å². The van der Waals surface area contributed by atoms with E-state index in [0.29, 0.717) is 18.0 Å². The molecule has 0 unspecified atom stereocenters. The Morgan fingerprint density at radius 2 is 2.20 bits per heavy atom. The minimum atomic E-state index is -3.51. The summed E-state index contributed by atoms with van der Waals surface area (Å²) >= 11 is 5.96. The number of nitrogens with zero attached hydrogens (tertiary/aromatic N) is 3. The van der Waals surface area contributed by atoms with Crippen LogP contribution in [0, 0.1) is 0 Å².